The zero-order chi connectivity index (χ0) is 19.3. The number of hydrogen-bond acceptors (Lipinski definition) is 6. The molecule has 1 aromatic carbocycles. The second-order valence-corrected chi connectivity index (χ2v) is 7.68. The lowest BCUT2D eigenvalue weighted by Gasteiger charge is -2.20. The smallest absolute Gasteiger partial charge is 0.420 e. The molecule has 1 heterocycles. The van der Waals surface area contributed by atoms with E-state index in [0.29, 0.717) is 18.6 Å². The minimum absolute atomic E-state index is 0.0555. The van der Waals surface area contributed by atoms with Crippen LogP contribution in [-0.4, -0.2) is 43.0 Å². The lowest BCUT2D eigenvalue weighted by atomic mass is 10.3. The standard InChI is InChI=1S/C17H24N2O6S/c1-4-7-10-18(5-2)26(22,23)13-8-9-14-15(11-13)25-17(21)19(14)12-16(20)24-6-3/h8-9,11H,4-7,10,12H2,1-3H3. The van der Waals surface area contributed by atoms with Crippen LogP contribution >= 0.6 is 0 Å². The van der Waals surface area contributed by atoms with Gasteiger partial charge in [-0.3, -0.25) is 9.36 Å². The van der Waals surface area contributed by atoms with Crippen molar-refractivity contribution in [2.45, 2.75) is 45.1 Å². The molecule has 0 amide bonds. The molecule has 0 aliphatic rings. The van der Waals surface area contributed by atoms with Crippen molar-refractivity contribution in [3.05, 3.63) is 28.7 Å². The predicted octanol–water partition coefficient (Wildman–Crippen LogP) is 1.97. The Balaban J connectivity index is 2.40. The summed E-state index contributed by atoms with van der Waals surface area (Å²) >= 11 is 0. The third-order valence-corrected chi connectivity index (χ3v) is 5.95. The molecule has 26 heavy (non-hydrogen) atoms. The molecule has 8 nitrogen and oxygen atoms in total. The van der Waals surface area contributed by atoms with E-state index in [0.717, 1.165) is 17.4 Å². The minimum atomic E-state index is -3.68. The first kappa shape index (κ1) is 20.2. The number of sulfonamides is 1. The molecular formula is C17H24N2O6S. The van der Waals surface area contributed by atoms with Crippen LogP contribution in [-0.2, 0) is 26.1 Å². The van der Waals surface area contributed by atoms with Crippen LogP contribution in [0, 0.1) is 0 Å². The van der Waals surface area contributed by atoms with E-state index >= 15 is 0 Å². The third-order valence-electron chi connectivity index (χ3n) is 3.98. The quantitative estimate of drug-likeness (QED) is 0.613. The first-order valence-corrected chi connectivity index (χ1v) is 10.1. The van der Waals surface area contributed by atoms with Gasteiger partial charge in [-0.25, -0.2) is 13.2 Å². The monoisotopic (exact) mass is 384 g/mol. The first-order valence-electron chi connectivity index (χ1n) is 8.64. The number of carbonyl (C=O) groups excluding carboxylic acids is 1. The molecular weight excluding hydrogens is 360 g/mol. The van der Waals surface area contributed by atoms with Crippen LogP contribution < -0.4 is 5.76 Å². The Morgan fingerprint density at radius 3 is 2.62 bits per heavy atom. The fourth-order valence-corrected chi connectivity index (χ4v) is 4.13. The zero-order valence-corrected chi connectivity index (χ0v) is 16.0. The van der Waals surface area contributed by atoms with E-state index in [9.17, 15) is 18.0 Å². The van der Waals surface area contributed by atoms with Crippen LogP contribution in [0.1, 0.15) is 33.6 Å². The fraction of sp³-hybridized carbons (Fsp3) is 0.529. The highest BCUT2D eigenvalue weighted by Crippen LogP contribution is 2.22. The van der Waals surface area contributed by atoms with Gasteiger partial charge in [-0.05, 0) is 25.5 Å². The fourth-order valence-electron chi connectivity index (χ4n) is 2.62. The summed E-state index contributed by atoms with van der Waals surface area (Å²) < 4.78 is 38.1. The van der Waals surface area contributed by atoms with E-state index in [4.69, 9.17) is 9.15 Å². The molecule has 0 saturated carbocycles. The van der Waals surface area contributed by atoms with Crippen LogP contribution in [0.3, 0.4) is 0 Å². The Morgan fingerprint density at radius 1 is 1.27 bits per heavy atom. The number of aromatic nitrogens is 1. The van der Waals surface area contributed by atoms with E-state index in [1.54, 1.807) is 13.8 Å². The molecule has 0 unspecified atom stereocenters. The summed E-state index contributed by atoms with van der Waals surface area (Å²) in [6, 6.07) is 4.21. The lowest BCUT2D eigenvalue weighted by Crippen LogP contribution is -2.31. The summed E-state index contributed by atoms with van der Waals surface area (Å²) in [5.41, 5.74) is 0.463. The number of benzene rings is 1. The Morgan fingerprint density at radius 2 is 2.00 bits per heavy atom. The number of nitrogens with zero attached hydrogens (tertiary/aromatic N) is 2. The summed E-state index contributed by atoms with van der Waals surface area (Å²) in [5, 5.41) is 0. The molecule has 0 N–H and O–H groups in total. The number of fused-ring (bicyclic) bond motifs is 1. The van der Waals surface area contributed by atoms with Gasteiger partial charge in [0, 0.05) is 19.2 Å². The second-order valence-electron chi connectivity index (χ2n) is 5.74. The van der Waals surface area contributed by atoms with Crippen molar-refractivity contribution in [2.24, 2.45) is 0 Å². The van der Waals surface area contributed by atoms with Gasteiger partial charge in [-0.1, -0.05) is 20.3 Å². The molecule has 0 saturated heterocycles. The zero-order valence-electron chi connectivity index (χ0n) is 15.2. The molecule has 0 atom stereocenters. The van der Waals surface area contributed by atoms with Crippen LogP contribution in [0.25, 0.3) is 11.1 Å². The second kappa shape index (κ2) is 8.50. The molecule has 0 spiro atoms. The summed E-state index contributed by atoms with van der Waals surface area (Å²) in [7, 11) is -3.68. The van der Waals surface area contributed by atoms with Crippen molar-refractivity contribution in [3.8, 4) is 0 Å². The number of unbranched alkanes of at least 4 members (excludes halogenated alkanes) is 1. The van der Waals surface area contributed by atoms with E-state index < -0.39 is 21.7 Å². The average molecular weight is 384 g/mol. The topological polar surface area (TPSA) is 98.8 Å². The van der Waals surface area contributed by atoms with Crippen LogP contribution in [0.5, 0.6) is 0 Å². The highest BCUT2D eigenvalue weighted by Gasteiger charge is 2.24. The van der Waals surface area contributed by atoms with Crippen molar-refractivity contribution in [1.29, 1.82) is 0 Å². The van der Waals surface area contributed by atoms with Crippen molar-refractivity contribution >= 4 is 27.1 Å². The van der Waals surface area contributed by atoms with Gasteiger partial charge in [0.15, 0.2) is 5.58 Å². The lowest BCUT2D eigenvalue weighted by molar-refractivity contribution is -0.143. The van der Waals surface area contributed by atoms with Gasteiger partial charge in [-0.15, -0.1) is 0 Å². The SMILES string of the molecule is CCCCN(CC)S(=O)(=O)c1ccc2c(c1)oc(=O)n2CC(=O)OCC. The summed E-state index contributed by atoms with van der Waals surface area (Å²) in [5.74, 6) is -1.30. The van der Waals surface area contributed by atoms with Gasteiger partial charge in [0.05, 0.1) is 17.0 Å². The molecule has 0 bridgehead atoms. The number of oxazole rings is 1. The molecule has 0 aliphatic carbocycles. The van der Waals surface area contributed by atoms with Gasteiger partial charge < -0.3 is 9.15 Å². The van der Waals surface area contributed by atoms with Crippen molar-refractivity contribution < 1.29 is 22.4 Å². The van der Waals surface area contributed by atoms with E-state index in [2.05, 4.69) is 0 Å². The largest absolute Gasteiger partial charge is 0.465 e. The molecule has 0 fully saturated rings. The van der Waals surface area contributed by atoms with Crippen LogP contribution in [0.15, 0.2) is 32.3 Å². The minimum Gasteiger partial charge on any atom is -0.465 e. The Bertz CT molecular complexity index is 928. The molecule has 2 aromatic rings. The normalized spacial score (nSPS) is 12.0. The predicted molar refractivity (Wildman–Crippen MR) is 96.4 cm³/mol. The number of esters is 1. The van der Waals surface area contributed by atoms with Gasteiger partial charge in [0.25, 0.3) is 0 Å². The average Bonchev–Trinajstić information content (AvgIpc) is 2.90. The summed E-state index contributed by atoms with van der Waals surface area (Å²) in [6.07, 6.45) is 1.65. The van der Waals surface area contributed by atoms with Crippen LogP contribution in [0.4, 0.5) is 0 Å². The Hall–Kier alpha value is -2.13. The molecule has 144 valence electrons. The molecule has 2 rings (SSSR count). The summed E-state index contributed by atoms with van der Waals surface area (Å²) in [4.78, 5) is 23.7. The Labute approximate surface area is 152 Å². The summed E-state index contributed by atoms with van der Waals surface area (Å²) in [6.45, 7) is 6.15. The van der Waals surface area contributed by atoms with Crippen molar-refractivity contribution in [2.75, 3.05) is 19.7 Å². The number of hydrogen-bond donors (Lipinski definition) is 0. The molecule has 0 radical (unpaired) electrons. The third kappa shape index (κ3) is 4.16. The van der Waals surface area contributed by atoms with Crippen molar-refractivity contribution in [1.82, 2.24) is 8.87 Å². The Kier molecular flexibility index (Phi) is 6.60. The maximum atomic E-state index is 12.8. The first-order chi connectivity index (χ1) is 12.3. The van der Waals surface area contributed by atoms with Gasteiger partial charge in [0.2, 0.25) is 10.0 Å². The van der Waals surface area contributed by atoms with Gasteiger partial charge in [-0.2, -0.15) is 4.31 Å². The maximum Gasteiger partial charge on any atom is 0.420 e. The van der Waals surface area contributed by atoms with E-state index in [1.807, 2.05) is 6.92 Å². The number of ether oxygens (including phenoxy) is 1. The maximum absolute atomic E-state index is 12.8. The van der Waals surface area contributed by atoms with Gasteiger partial charge >= 0.3 is 11.7 Å². The highest BCUT2D eigenvalue weighted by atomic mass is 32.2. The van der Waals surface area contributed by atoms with E-state index in [1.165, 1.54) is 22.5 Å². The van der Waals surface area contributed by atoms with Crippen molar-refractivity contribution in [3.63, 3.8) is 0 Å². The number of rotatable bonds is 9. The molecule has 0 aliphatic heterocycles. The molecule has 9 heteroatoms. The van der Waals surface area contributed by atoms with Crippen LogP contribution in [0.2, 0.25) is 0 Å². The number of carbonyl (C=O) groups is 1. The van der Waals surface area contributed by atoms with Gasteiger partial charge in [0.1, 0.15) is 6.54 Å². The molecule has 1 aromatic heterocycles. The highest BCUT2D eigenvalue weighted by molar-refractivity contribution is 7.89. The van der Waals surface area contributed by atoms with E-state index in [-0.39, 0.29) is 23.6 Å².